The summed E-state index contributed by atoms with van der Waals surface area (Å²) in [5, 5.41) is 9.38. The fourth-order valence-electron chi connectivity index (χ4n) is 1.95. The van der Waals surface area contributed by atoms with Gasteiger partial charge in [0.1, 0.15) is 0 Å². The van der Waals surface area contributed by atoms with Crippen molar-refractivity contribution in [3.05, 3.63) is 78.4 Å². The summed E-state index contributed by atoms with van der Waals surface area (Å²) in [6, 6.07) is 15.6. The molecule has 0 aromatic heterocycles. The van der Waals surface area contributed by atoms with Gasteiger partial charge >= 0.3 is 0 Å². The monoisotopic (exact) mass is 381 g/mol. The molecule has 3 nitrogen and oxygen atoms in total. The van der Waals surface area contributed by atoms with Crippen LogP contribution in [0.3, 0.4) is 0 Å². The van der Waals surface area contributed by atoms with Crippen molar-refractivity contribution in [1.29, 1.82) is 0 Å². The molecule has 3 heteroatoms. The van der Waals surface area contributed by atoms with Crippen molar-refractivity contribution in [2.75, 3.05) is 14.2 Å². The first-order valence-corrected chi connectivity index (χ1v) is 9.31. The third-order valence-corrected chi connectivity index (χ3v) is 3.96. The number of aliphatic imine (C=N–C) groups is 1. The molecule has 0 saturated carbocycles. The van der Waals surface area contributed by atoms with Gasteiger partial charge in [0.05, 0.1) is 7.11 Å². The molecule has 2 aromatic rings. The minimum Gasteiger partial charge on any atom is -0.504 e. The number of phenols is 1. The van der Waals surface area contributed by atoms with E-state index in [1.165, 1.54) is 12.7 Å². The highest BCUT2D eigenvalue weighted by Gasteiger charge is 2.05. The average Bonchev–Trinajstić information content (AvgIpc) is 2.69. The SMILES string of the molecule is C=C(C)C(=C)c1ccc(O)c(OC)c1.CC(C)c1ccccc1.CN=C(C)C. The second kappa shape index (κ2) is 13.4. The number of rotatable bonds is 4. The molecule has 0 aliphatic carbocycles. The maximum Gasteiger partial charge on any atom is 0.161 e. The lowest BCUT2D eigenvalue weighted by Gasteiger charge is -2.08. The standard InChI is InChI=1S/C12H14O2.C9H12.C4H9N/c1-8(2)9(3)10-5-6-11(13)12(7-10)14-4;1-8(2)9-6-4-3-5-7-9;1-4(2)5-3/h5-7,13H,1,3H2,2,4H3;3-8H,1-2H3;1-3H3. The van der Waals surface area contributed by atoms with Crippen molar-refractivity contribution in [2.24, 2.45) is 4.99 Å². The molecular formula is C25H35NO2. The molecular weight excluding hydrogens is 346 g/mol. The van der Waals surface area contributed by atoms with Gasteiger partial charge in [0.15, 0.2) is 11.5 Å². The Kier molecular flexibility index (Phi) is 12.0. The van der Waals surface area contributed by atoms with Crippen LogP contribution >= 0.6 is 0 Å². The Morgan fingerprint density at radius 1 is 1.00 bits per heavy atom. The minimum absolute atomic E-state index is 0.130. The van der Waals surface area contributed by atoms with Gasteiger partial charge in [0.2, 0.25) is 0 Å². The molecule has 0 bridgehead atoms. The molecule has 0 spiro atoms. The minimum atomic E-state index is 0.130. The molecule has 0 fully saturated rings. The Hall–Kier alpha value is -2.81. The quantitative estimate of drug-likeness (QED) is 0.462. The van der Waals surface area contributed by atoms with E-state index in [-0.39, 0.29) is 5.75 Å². The summed E-state index contributed by atoms with van der Waals surface area (Å²) < 4.78 is 4.99. The second-order valence-corrected chi connectivity index (χ2v) is 6.88. The molecule has 0 heterocycles. The first-order valence-electron chi connectivity index (χ1n) is 9.31. The Labute approximate surface area is 171 Å². The highest BCUT2D eigenvalue weighted by atomic mass is 16.5. The van der Waals surface area contributed by atoms with E-state index in [0.29, 0.717) is 11.7 Å². The van der Waals surface area contributed by atoms with E-state index in [4.69, 9.17) is 4.74 Å². The maximum atomic E-state index is 9.38. The molecule has 2 rings (SSSR count). The van der Waals surface area contributed by atoms with E-state index in [0.717, 1.165) is 22.4 Å². The van der Waals surface area contributed by atoms with E-state index in [1.54, 1.807) is 25.2 Å². The molecule has 0 unspecified atom stereocenters. The molecule has 0 aliphatic rings. The van der Waals surface area contributed by atoms with Gasteiger partial charge < -0.3 is 9.84 Å². The van der Waals surface area contributed by atoms with Crippen molar-refractivity contribution in [2.45, 2.75) is 40.5 Å². The zero-order valence-corrected chi connectivity index (χ0v) is 18.4. The van der Waals surface area contributed by atoms with E-state index in [1.807, 2.05) is 26.8 Å². The van der Waals surface area contributed by atoms with Gasteiger partial charge in [0.25, 0.3) is 0 Å². The van der Waals surface area contributed by atoms with Crippen LogP contribution in [0.5, 0.6) is 11.5 Å². The molecule has 2 aromatic carbocycles. The fourth-order valence-corrected chi connectivity index (χ4v) is 1.95. The second-order valence-electron chi connectivity index (χ2n) is 6.88. The first-order chi connectivity index (χ1) is 13.1. The lowest BCUT2D eigenvalue weighted by Crippen LogP contribution is -1.88. The van der Waals surface area contributed by atoms with E-state index >= 15 is 0 Å². The van der Waals surface area contributed by atoms with Crippen LogP contribution in [0.25, 0.3) is 5.57 Å². The van der Waals surface area contributed by atoms with Crippen LogP contribution in [0.4, 0.5) is 0 Å². The summed E-state index contributed by atoms with van der Waals surface area (Å²) in [4.78, 5) is 3.81. The van der Waals surface area contributed by atoms with Crippen LogP contribution in [0.1, 0.15) is 51.7 Å². The Bertz CT molecular complexity index is 770. The number of ether oxygens (including phenoxy) is 1. The predicted octanol–water partition coefficient (Wildman–Crippen LogP) is 6.90. The van der Waals surface area contributed by atoms with Crippen molar-refractivity contribution < 1.29 is 9.84 Å². The highest BCUT2D eigenvalue weighted by molar-refractivity contribution is 5.78. The molecule has 0 saturated heterocycles. The van der Waals surface area contributed by atoms with E-state index in [2.05, 4.69) is 56.3 Å². The van der Waals surface area contributed by atoms with Gasteiger partial charge in [-0.25, -0.2) is 0 Å². The average molecular weight is 382 g/mol. The van der Waals surface area contributed by atoms with Crippen LogP contribution < -0.4 is 4.74 Å². The van der Waals surface area contributed by atoms with Gasteiger partial charge in [-0.1, -0.05) is 69.0 Å². The topological polar surface area (TPSA) is 41.8 Å². The Morgan fingerprint density at radius 2 is 1.54 bits per heavy atom. The zero-order chi connectivity index (χ0) is 21.7. The van der Waals surface area contributed by atoms with Crippen LogP contribution in [0.15, 0.2) is 72.3 Å². The molecule has 0 atom stereocenters. The van der Waals surface area contributed by atoms with Gasteiger partial charge in [-0.05, 0) is 55.5 Å². The smallest absolute Gasteiger partial charge is 0.161 e. The summed E-state index contributed by atoms with van der Waals surface area (Å²) in [7, 11) is 3.30. The maximum absolute atomic E-state index is 9.38. The predicted molar refractivity (Wildman–Crippen MR) is 124 cm³/mol. The van der Waals surface area contributed by atoms with Crippen LogP contribution in [-0.2, 0) is 0 Å². The number of hydrogen-bond acceptors (Lipinski definition) is 3. The van der Waals surface area contributed by atoms with Crippen molar-refractivity contribution in [1.82, 2.24) is 0 Å². The first kappa shape index (κ1) is 25.2. The number of methoxy groups -OCH3 is 1. The fraction of sp³-hybridized carbons (Fsp3) is 0.320. The number of allylic oxidation sites excluding steroid dienone is 2. The molecule has 28 heavy (non-hydrogen) atoms. The number of phenolic OH excluding ortho intramolecular Hbond substituents is 1. The zero-order valence-electron chi connectivity index (χ0n) is 18.4. The molecule has 0 radical (unpaired) electrons. The van der Waals surface area contributed by atoms with Crippen molar-refractivity contribution in [3.63, 3.8) is 0 Å². The lowest BCUT2D eigenvalue weighted by atomic mass is 10.0. The largest absolute Gasteiger partial charge is 0.504 e. The van der Waals surface area contributed by atoms with Gasteiger partial charge in [-0.2, -0.15) is 0 Å². The third kappa shape index (κ3) is 9.77. The Morgan fingerprint density at radius 3 is 1.89 bits per heavy atom. The number of nitrogens with zero attached hydrogens (tertiary/aromatic N) is 1. The van der Waals surface area contributed by atoms with E-state index in [9.17, 15) is 5.11 Å². The van der Waals surface area contributed by atoms with Crippen molar-refractivity contribution in [3.8, 4) is 11.5 Å². The normalized spacial score (nSPS) is 9.29. The molecule has 152 valence electrons. The van der Waals surface area contributed by atoms with Gasteiger partial charge in [0, 0.05) is 12.8 Å². The third-order valence-electron chi connectivity index (χ3n) is 3.96. The lowest BCUT2D eigenvalue weighted by molar-refractivity contribution is 0.373. The number of benzene rings is 2. The summed E-state index contributed by atoms with van der Waals surface area (Å²) in [5.41, 5.74) is 5.20. The number of aromatic hydroxyl groups is 1. The van der Waals surface area contributed by atoms with Crippen molar-refractivity contribution >= 4 is 11.3 Å². The molecule has 0 aliphatic heterocycles. The van der Waals surface area contributed by atoms with Crippen LogP contribution in [-0.4, -0.2) is 25.0 Å². The number of hydrogen-bond donors (Lipinski definition) is 1. The summed E-state index contributed by atoms with van der Waals surface area (Å²) in [6.45, 7) is 17.9. The summed E-state index contributed by atoms with van der Waals surface area (Å²) >= 11 is 0. The highest BCUT2D eigenvalue weighted by Crippen LogP contribution is 2.30. The Balaban J connectivity index is 0.000000445. The van der Waals surface area contributed by atoms with Gasteiger partial charge in [-0.15, -0.1) is 0 Å². The van der Waals surface area contributed by atoms with Crippen LogP contribution in [0.2, 0.25) is 0 Å². The summed E-state index contributed by atoms with van der Waals surface area (Å²) in [6.07, 6.45) is 0. The molecule has 1 N–H and O–H groups in total. The van der Waals surface area contributed by atoms with E-state index < -0.39 is 0 Å². The summed E-state index contributed by atoms with van der Waals surface area (Å²) in [5.74, 6) is 1.24. The van der Waals surface area contributed by atoms with Crippen LogP contribution in [0, 0.1) is 0 Å². The van der Waals surface area contributed by atoms with Gasteiger partial charge in [-0.3, -0.25) is 4.99 Å². The molecule has 0 amide bonds.